The van der Waals surface area contributed by atoms with Gasteiger partial charge in [-0.1, -0.05) is 6.07 Å². The molecule has 0 aliphatic heterocycles. The zero-order chi connectivity index (χ0) is 12.1. The molecule has 1 aromatic rings. The van der Waals surface area contributed by atoms with Crippen molar-refractivity contribution in [1.82, 2.24) is 0 Å². The molecule has 90 valence electrons. The molecule has 0 fully saturated rings. The van der Waals surface area contributed by atoms with Crippen molar-refractivity contribution in [2.45, 2.75) is 19.4 Å². The van der Waals surface area contributed by atoms with E-state index in [9.17, 15) is 0 Å². The largest absolute Gasteiger partial charge is 0.496 e. The Balaban J connectivity index is 3.14. The minimum atomic E-state index is -0.0930. The summed E-state index contributed by atoms with van der Waals surface area (Å²) in [4.78, 5) is 0. The van der Waals surface area contributed by atoms with Crippen molar-refractivity contribution in [3.05, 3.63) is 23.3 Å². The van der Waals surface area contributed by atoms with Gasteiger partial charge >= 0.3 is 0 Å². The summed E-state index contributed by atoms with van der Waals surface area (Å²) in [6.07, 6.45) is 0.738. The first-order chi connectivity index (χ1) is 7.65. The molecule has 1 aromatic carbocycles. The van der Waals surface area contributed by atoms with E-state index in [1.165, 1.54) is 0 Å². The second-order valence-corrected chi connectivity index (χ2v) is 3.70. The molecule has 0 heterocycles. The van der Waals surface area contributed by atoms with Crippen LogP contribution in [0.5, 0.6) is 11.5 Å². The summed E-state index contributed by atoms with van der Waals surface area (Å²) < 4.78 is 10.6. The van der Waals surface area contributed by atoms with Crippen LogP contribution in [0.3, 0.4) is 0 Å². The van der Waals surface area contributed by atoms with Gasteiger partial charge in [-0.2, -0.15) is 0 Å². The Kier molecular flexibility index (Phi) is 4.58. The Hall–Kier alpha value is -1.26. The van der Waals surface area contributed by atoms with Gasteiger partial charge in [0.15, 0.2) is 0 Å². The zero-order valence-electron chi connectivity index (χ0n) is 10.1. The summed E-state index contributed by atoms with van der Waals surface area (Å²) in [6.45, 7) is 2.52. The van der Waals surface area contributed by atoms with Gasteiger partial charge in [0.1, 0.15) is 11.5 Å². The highest BCUT2D eigenvalue weighted by Gasteiger charge is 2.15. The maximum Gasteiger partial charge on any atom is 0.130 e. The van der Waals surface area contributed by atoms with Crippen LogP contribution in [0.15, 0.2) is 12.1 Å². The molecule has 0 saturated carbocycles. The quantitative estimate of drug-likeness (QED) is 0.792. The Labute approximate surface area is 96.5 Å². The molecule has 0 aromatic heterocycles. The van der Waals surface area contributed by atoms with E-state index in [-0.39, 0.29) is 6.04 Å². The van der Waals surface area contributed by atoms with Crippen molar-refractivity contribution >= 4 is 0 Å². The summed E-state index contributed by atoms with van der Waals surface area (Å²) in [5.41, 5.74) is 13.5. The normalized spacial score (nSPS) is 12.3. The Morgan fingerprint density at radius 3 is 2.44 bits per heavy atom. The standard InChI is InChI=1S/C12H20N2O2/c1-8-11(15-2)5-4-9(12(8)16-3)10(14)6-7-13/h4-5,10H,6-7,13-14H2,1-3H3. The van der Waals surface area contributed by atoms with Gasteiger partial charge < -0.3 is 20.9 Å². The lowest BCUT2D eigenvalue weighted by molar-refractivity contribution is 0.382. The second-order valence-electron chi connectivity index (χ2n) is 3.70. The molecule has 16 heavy (non-hydrogen) atoms. The fourth-order valence-electron chi connectivity index (χ4n) is 1.81. The van der Waals surface area contributed by atoms with Crippen LogP contribution in [-0.4, -0.2) is 20.8 Å². The summed E-state index contributed by atoms with van der Waals surface area (Å²) in [5, 5.41) is 0. The monoisotopic (exact) mass is 224 g/mol. The highest BCUT2D eigenvalue weighted by atomic mass is 16.5. The minimum absolute atomic E-state index is 0.0930. The molecule has 4 N–H and O–H groups in total. The minimum Gasteiger partial charge on any atom is -0.496 e. The third-order valence-corrected chi connectivity index (χ3v) is 2.69. The molecule has 4 nitrogen and oxygen atoms in total. The first-order valence-corrected chi connectivity index (χ1v) is 5.32. The molecule has 1 unspecified atom stereocenters. The van der Waals surface area contributed by atoms with Crippen LogP contribution in [-0.2, 0) is 0 Å². The molecule has 0 aliphatic carbocycles. The lowest BCUT2D eigenvalue weighted by atomic mass is 10.00. The van der Waals surface area contributed by atoms with Crippen molar-refractivity contribution in [3.8, 4) is 11.5 Å². The van der Waals surface area contributed by atoms with Gasteiger partial charge in [-0.05, 0) is 26.0 Å². The van der Waals surface area contributed by atoms with Crippen LogP contribution in [0, 0.1) is 6.92 Å². The smallest absolute Gasteiger partial charge is 0.130 e. The highest BCUT2D eigenvalue weighted by Crippen LogP contribution is 2.34. The van der Waals surface area contributed by atoms with Gasteiger partial charge in [0.05, 0.1) is 14.2 Å². The molecule has 0 amide bonds. The first-order valence-electron chi connectivity index (χ1n) is 5.32. The zero-order valence-corrected chi connectivity index (χ0v) is 10.1. The number of hydrogen-bond donors (Lipinski definition) is 2. The van der Waals surface area contributed by atoms with Crippen LogP contribution >= 0.6 is 0 Å². The Morgan fingerprint density at radius 2 is 1.94 bits per heavy atom. The van der Waals surface area contributed by atoms with Crippen LogP contribution in [0.1, 0.15) is 23.6 Å². The molecular formula is C12H20N2O2. The molecule has 4 heteroatoms. The van der Waals surface area contributed by atoms with Gasteiger partial charge in [-0.3, -0.25) is 0 Å². The maximum atomic E-state index is 6.04. The predicted octanol–water partition coefficient (Wildman–Crippen LogP) is 1.36. The van der Waals surface area contributed by atoms with Crippen LogP contribution < -0.4 is 20.9 Å². The first kappa shape index (κ1) is 12.8. The van der Waals surface area contributed by atoms with Crippen LogP contribution in [0.2, 0.25) is 0 Å². The van der Waals surface area contributed by atoms with Crippen molar-refractivity contribution in [2.75, 3.05) is 20.8 Å². The molecule has 0 radical (unpaired) electrons. The molecule has 1 atom stereocenters. The number of hydrogen-bond acceptors (Lipinski definition) is 4. The van der Waals surface area contributed by atoms with Gasteiger partial charge in [0, 0.05) is 17.2 Å². The molecule has 0 spiro atoms. The third-order valence-electron chi connectivity index (χ3n) is 2.69. The van der Waals surface area contributed by atoms with Crippen molar-refractivity contribution in [1.29, 1.82) is 0 Å². The van der Waals surface area contributed by atoms with E-state index in [0.717, 1.165) is 29.0 Å². The van der Waals surface area contributed by atoms with E-state index in [0.29, 0.717) is 6.54 Å². The topological polar surface area (TPSA) is 70.5 Å². The number of nitrogens with two attached hydrogens (primary N) is 2. The number of rotatable bonds is 5. The van der Waals surface area contributed by atoms with Crippen molar-refractivity contribution in [2.24, 2.45) is 11.5 Å². The van der Waals surface area contributed by atoms with E-state index >= 15 is 0 Å². The van der Waals surface area contributed by atoms with Crippen molar-refractivity contribution < 1.29 is 9.47 Å². The lowest BCUT2D eigenvalue weighted by Crippen LogP contribution is -2.16. The van der Waals surface area contributed by atoms with E-state index < -0.39 is 0 Å². The van der Waals surface area contributed by atoms with Gasteiger partial charge in [0.25, 0.3) is 0 Å². The highest BCUT2D eigenvalue weighted by molar-refractivity contribution is 5.50. The summed E-state index contributed by atoms with van der Waals surface area (Å²) in [5.74, 6) is 1.60. The summed E-state index contributed by atoms with van der Waals surface area (Å²) in [7, 11) is 3.28. The fraction of sp³-hybridized carbons (Fsp3) is 0.500. The Morgan fingerprint density at radius 1 is 1.25 bits per heavy atom. The number of methoxy groups -OCH3 is 2. The van der Waals surface area contributed by atoms with Crippen LogP contribution in [0.4, 0.5) is 0 Å². The van der Waals surface area contributed by atoms with E-state index in [1.807, 2.05) is 19.1 Å². The fourth-order valence-corrected chi connectivity index (χ4v) is 1.81. The van der Waals surface area contributed by atoms with Crippen molar-refractivity contribution in [3.63, 3.8) is 0 Å². The Bertz CT molecular complexity index is 353. The van der Waals surface area contributed by atoms with Gasteiger partial charge in [-0.25, -0.2) is 0 Å². The van der Waals surface area contributed by atoms with E-state index in [1.54, 1.807) is 14.2 Å². The van der Waals surface area contributed by atoms with Gasteiger partial charge in [-0.15, -0.1) is 0 Å². The average molecular weight is 224 g/mol. The average Bonchev–Trinajstić information content (AvgIpc) is 2.28. The number of benzene rings is 1. The molecular weight excluding hydrogens is 204 g/mol. The molecule has 1 rings (SSSR count). The second kappa shape index (κ2) is 5.72. The van der Waals surface area contributed by atoms with Gasteiger partial charge in [0.2, 0.25) is 0 Å². The number of ether oxygens (including phenoxy) is 2. The van der Waals surface area contributed by atoms with Crippen LogP contribution in [0.25, 0.3) is 0 Å². The third kappa shape index (κ3) is 2.46. The maximum absolute atomic E-state index is 6.04. The van der Waals surface area contributed by atoms with E-state index in [4.69, 9.17) is 20.9 Å². The SMILES string of the molecule is COc1ccc(C(N)CCN)c(OC)c1C. The predicted molar refractivity (Wildman–Crippen MR) is 64.9 cm³/mol. The summed E-state index contributed by atoms with van der Waals surface area (Å²) >= 11 is 0. The molecule has 0 aliphatic rings. The summed E-state index contributed by atoms with van der Waals surface area (Å²) in [6, 6.07) is 3.75. The lowest BCUT2D eigenvalue weighted by Gasteiger charge is -2.18. The molecule has 0 bridgehead atoms. The molecule has 0 saturated heterocycles. The van der Waals surface area contributed by atoms with E-state index in [2.05, 4.69) is 0 Å².